The van der Waals surface area contributed by atoms with Gasteiger partial charge in [0.2, 0.25) is 0 Å². The summed E-state index contributed by atoms with van der Waals surface area (Å²) in [5.41, 5.74) is 22.3. The predicted molar refractivity (Wildman–Crippen MR) is 236 cm³/mol. The highest BCUT2D eigenvalue weighted by Crippen LogP contribution is 2.68. The molecule has 0 amide bonds. The molecule has 0 saturated carbocycles. The molecule has 0 bridgehead atoms. The first-order chi connectivity index (χ1) is 28.3. The van der Waals surface area contributed by atoms with Crippen LogP contribution in [-0.2, 0) is 10.8 Å². The van der Waals surface area contributed by atoms with Gasteiger partial charge in [-0.1, -0.05) is 158 Å². The molecule has 272 valence electrons. The lowest BCUT2D eigenvalue weighted by Crippen LogP contribution is -2.44. The Morgan fingerprint density at radius 3 is 1.72 bits per heavy atom. The second kappa shape index (κ2) is 12.5. The Balaban J connectivity index is 1.12. The highest BCUT2D eigenvalue weighted by molar-refractivity contribution is 5.96. The van der Waals surface area contributed by atoms with E-state index in [-0.39, 0.29) is 5.41 Å². The fraction of sp³-hybridized carbons (Fsp3) is 0.143. The third kappa shape index (κ3) is 4.40. The third-order valence-electron chi connectivity index (χ3n) is 13.7. The van der Waals surface area contributed by atoms with Crippen LogP contribution in [0.3, 0.4) is 0 Å². The van der Waals surface area contributed by atoms with Crippen molar-refractivity contribution in [3.05, 3.63) is 250 Å². The number of allylic oxidation sites excluding steroid dienone is 11. The van der Waals surface area contributed by atoms with Crippen LogP contribution in [0.15, 0.2) is 205 Å². The molecule has 6 aliphatic carbocycles. The maximum atomic E-state index is 2.58. The monoisotopic (exact) mass is 729 g/mol. The Morgan fingerprint density at radius 1 is 0.439 bits per heavy atom. The number of benzene rings is 6. The summed E-state index contributed by atoms with van der Waals surface area (Å²) in [5.74, 6) is 0. The molecule has 0 radical (unpaired) electrons. The van der Waals surface area contributed by atoms with E-state index in [1.165, 1.54) is 89.4 Å². The zero-order valence-corrected chi connectivity index (χ0v) is 32.1. The Bertz CT molecular complexity index is 2810. The van der Waals surface area contributed by atoms with E-state index in [9.17, 15) is 0 Å². The first kappa shape index (κ1) is 32.8. The molecule has 0 aromatic heterocycles. The van der Waals surface area contributed by atoms with Crippen molar-refractivity contribution in [1.29, 1.82) is 0 Å². The lowest BCUT2D eigenvalue weighted by Gasteiger charge is -2.50. The van der Waals surface area contributed by atoms with Crippen LogP contribution < -0.4 is 4.90 Å². The quantitative estimate of drug-likeness (QED) is 0.174. The molecule has 6 aromatic carbocycles. The largest absolute Gasteiger partial charge is 0.315 e. The van der Waals surface area contributed by atoms with Crippen molar-refractivity contribution >= 4 is 11.3 Å². The minimum Gasteiger partial charge on any atom is -0.315 e. The lowest BCUT2D eigenvalue weighted by molar-refractivity contribution is 0.606. The minimum absolute atomic E-state index is 0.382. The van der Waals surface area contributed by atoms with E-state index in [2.05, 4.69) is 193 Å². The zero-order valence-electron chi connectivity index (χ0n) is 32.1. The summed E-state index contributed by atoms with van der Waals surface area (Å²) >= 11 is 0. The summed E-state index contributed by atoms with van der Waals surface area (Å²) in [4.78, 5) is 2.47. The molecule has 0 saturated heterocycles. The number of rotatable bonds is 4. The van der Waals surface area contributed by atoms with E-state index in [1.54, 1.807) is 5.57 Å². The van der Waals surface area contributed by atoms with Crippen LogP contribution in [0.1, 0.15) is 83.0 Å². The predicted octanol–water partition coefficient (Wildman–Crippen LogP) is 13.8. The van der Waals surface area contributed by atoms with Crippen molar-refractivity contribution in [3.63, 3.8) is 0 Å². The molecule has 1 atom stereocenters. The van der Waals surface area contributed by atoms with Crippen LogP contribution in [-0.4, -0.2) is 0 Å². The fourth-order valence-corrected chi connectivity index (χ4v) is 11.6. The molecule has 0 N–H and O–H groups in total. The molecule has 1 heteroatoms. The maximum Gasteiger partial charge on any atom is 0.0720 e. The maximum absolute atomic E-state index is 2.58. The summed E-state index contributed by atoms with van der Waals surface area (Å²) in [7, 11) is 0. The second-order valence-corrected chi connectivity index (χ2v) is 16.4. The van der Waals surface area contributed by atoms with Gasteiger partial charge in [-0.3, -0.25) is 0 Å². The van der Waals surface area contributed by atoms with Gasteiger partial charge in [0.15, 0.2) is 0 Å². The average molecular weight is 730 g/mol. The molecule has 1 unspecified atom stereocenters. The molecule has 12 rings (SSSR count). The van der Waals surface area contributed by atoms with Crippen molar-refractivity contribution in [3.8, 4) is 22.3 Å². The van der Waals surface area contributed by atoms with E-state index >= 15 is 0 Å². The van der Waals surface area contributed by atoms with Crippen LogP contribution in [0.4, 0.5) is 5.69 Å². The zero-order chi connectivity index (χ0) is 37.6. The van der Waals surface area contributed by atoms with Gasteiger partial charge in [0.25, 0.3) is 0 Å². The number of hydrogen-bond donors (Lipinski definition) is 0. The molecule has 0 heterocycles. The van der Waals surface area contributed by atoms with Crippen molar-refractivity contribution in [1.82, 2.24) is 0 Å². The van der Waals surface area contributed by atoms with E-state index in [1.807, 2.05) is 0 Å². The highest BCUT2D eigenvalue weighted by atomic mass is 15.2. The standard InChI is InChI=1S/C56H43N/c1-3-17-40(18-4-1)57(41-19-5-2-6-20-41)42-34-31-38(32-35-42)39-33-36-53-54(37-39)56(49-27-13-9-23-45(49)46-24-10-14-28-50(46)56)52-30-16-15-29-51(52)55(53)47-25-11-7-21-43(47)44-22-8-12-26-48(44)55/h1,3,5,7-11,13-17,19-25,27-37H,2,4,6,12,18,26H2. The van der Waals surface area contributed by atoms with E-state index in [0.717, 1.165) is 38.5 Å². The topological polar surface area (TPSA) is 3.24 Å². The Labute approximate surface area is 336 Å². The van der Waals surface area contributed by atoms with Gasteiger partial charge in [-0.2, -0.15) is 0 Å². The Hall–Kier alpha value is -6.44. The number of fused-ring (bicyclic) bond motifs is 15. The third-order valence-corrected chi connectivity index (χ3v) is 13.7. The molecule has 2 spiro atoms. The molecule has 57 heavy (non-hydrogen) atoms. The Kier molecular flexibility index (Phi) is 7.21. The molecular formula is C56H43N. The minimum atomic E-state index is -0.472. The summed E-state index contributed by atoms with van der Waals surface area (Å²) in [6, 6.07) is 54.1. The fourth-order valence-electron chi connectivity index (χ4n) is 11.6. The summed E-state index contributed by atoms with van der Waals surface area (Å²) in [5, 5.41) is 0. The number of hydrogen-bond acceptors (Lipinski definition) is 1. The Morgan fingerprint density at radius 2 is 1.04 bits per heavy atom. The van der Waals surface area contributed by atoms with Crippen LogP contribution in [0.25, 0.3) is 27.8 Å². The molecule has 6 aliphatic rings. The summed E-state index contributed by atoms with van der Waals surface area (Å²) in [6.45, 7) is 0. The van der Waals surface area contributed by atoms with E-state index in [4.69, 9.17) is 0 Å². The number of anilines is 1. The van der Waals surface area contributed by atoms with Gasteiger partial charge < -0.3 is 4.90 Å². The first-order valence-corrected chi connectivity index (χ1v) is 20.9. The lowest BCUT2D eigenvalue weighted by atomic mass is 9.51. The molecule has 6 aromatic rings. The molecular weight excluding hydrogens is 687 g/mol. The molecule has 1 nitrogen and oxygen atoms in total. The van der Waals surface area contributed by atoms with Gasteiger partial charge in [0.1, 0.15) is 0 Å². The smallest absolute Gasteiger partial charge is 0.0720 e. The highest BCUT2D eigenvalue weighted by Gasteiger charge is 2.59. The van der Waals surface area contributed by atoms with Crippen molar-refractivity contribution in [2.45, 2.75) is 49.4 Å². The van der Waals surface area contributed by atoms with Gasteiger partial charge in [0, 0.05) is 17.1 Å². The van der Waals surface area contributed by atoms with Gasteiger partial charge in [-0.05, 0) is 147 Å². The SMILES string of the molecule is C1=CCCC(N(C2=CCCC=C2)c2ccc(-c3ccc4c(c3)C3(c5ccccc5-c5ccccc53)c3ccccc3C43C4=C(C=CCC4)c4ccccc43)cc2)=C1. The van der Waals surface area contributed by atoms with Gasteiger partial charge >= 0.3 is 0 Å². The first-order valence-electron chi connectivity index (χ1n) is 20.9. The van der Waals surface area contributed by atoms with Crippen LogP contribution >= 0.6 is 0 Å². The normalized spacial score (nSPS) is 20.0. The van der Waals surface area contributed by atoms with Crippen LogP contribution in [0, 0.1) is 0 Å². The summed E-state index contributed by atoms with van der Waals surface area (Å²) in [6.07, 6.45) is 25.0. The molecule has 0 aliphatic heterocycles. The van der Waals surface area contributed by atoms with Crippen molar-refractivity contribution in [2.75, 3.05) is 4.90 Å². The van der Waals surface area contributed by atoms with Crippen LogP contribution in [0.5, 0.6) is 0 Å². The second-order valence-electron chi connectivity index (χ2n) is 16.4. The number of nitrogens with zero attached hydrogens (tertiary/aromatic N) is 1. The van der Waals surface area contributed by atoms with Crippen molar-refractivity contribution < 1.29 is 0 Å². The van der Waals surface area contributed by atoms with Crippen LogP contribution in [0.2, 0.25) is 0 Å². The van der Waals surface area contributed by atoms with E-state index < -0.39 is 5.41 Å². The van der Waals surface area contributed by atoms with Gasteiger partial charge in [0.05, 0.1) is 10.8 Å². The summed E-state index contributed by atoms with van der Waals surface area (Å²) < 4.78 is 0. The average Bonchev–Trinajstić information content (AvgIpc) is 3.75. The van der Waals surface area contributed by atoms with E-state index in [0.29, 0.717) is 0 Å². The van der Waals surface area contributed by atoms with Gasteiger partial charge in [-0.25, -0.2) is 0 Å². The van der Waals surface area contributed by atoms with Gasteiger partial charge in [-0.15, -0.1) is 0 Å². The van der Waals surface area contributed by atoms with Crippen molar-refractivity contribution in [2.24, 2.45) is 0 Å². The molecule has 0 fully saturated rings.